The van der Waals surface area contributed by atoms with Gasteiger partial charge in [0, 0.05) is 57.5 Å². The molecule has 2 aliphatic rings. The molecule has 2 fully saturated rings. The zero-order valence-electron chi connectivity index (χ0n) is 15.9. The molecule has 2 aliphatic heterocycles. The molecule has 1 aromatic carbocycles. The minimum Gasteiger partial charge on any atom is -0.369 e. The molecule has 0 aromatic heterocycles. The molecule has 0 aliphatic carbocycles. The van der Waals surface area contributed by atoms with Crippen molar-refractivity contribution in [2.75, 3.05) is 57.3 Å². The summed E-state index contributed by atoms with van der Waals surface area (Å²) in [6.45, 7) is 6.42. The molecular weight excluding hydrogens is 371 g/mol. The van der Waals surface area contributed by atoms with Gasteiger partial charge in [0.1, 0.15) is 0 Å². The first-order valence-corrected chi connectivity index (χ1v) is 9.75. The van der Waals surface area contributed by atoms with Gasteiger partial charge in [-0.15, -0.1) is 0 Å². The number of anilines is 1. The van der Waals surface area contributed by atoms with Gasteiger partial charge in [0.2, 0.25) is 0 Å². The van der Waals surface area contributed by atoms with E-state index in [-0.39, 0.29) is 0 Å². The number of likely N-dealkylation sites (tertiary alicyclic amines) is 1. The van der Waals surface area contributed by atoms with E-state index in [0.29, 0.717) is 18.3 Å². The minimum atomic E-state index is -4.31. The van der Waals surface area contributed by atoms with E-state index in [0.717, 1.165) is 64.7 Å². The summed E-state index contributed by atoms with van der Waals surface area (Å²) in [6, 6.07) is 5.53. The van der Waals surface area contributed by atoms with Crippen molar-refractivity contribution in [3.8, 4) is 0 Å². The van der Waals surface area contributed by atoms with E-state index in [1.54, 1.807) is 6.07 Å². The molecule has 156 valence electrons. The molecule has 1 atom stereocenters. The van der Waals surface area contributed by atoms with E-state index in [1.165, 1.54) is 12.1 Å². The monoisotopic (exact) mass is 399 g/mol. The van der Waals surface area contributed by atoms with Gasteiger partial charge in [0.25, 0.3) is 0 Å². The number of carbonyl (C=O) groups excluding carboxylic acids is 1. The fraction of sp³-hybridized carbons (Fsp3) is 0.632. The minimum absolute atomic E-state index is 0.450. The highest BCUT2D eigenvalue weighted by Gasteiger charge is 2.32. The van der Waals surface area contributed by atoms with Gasteiger partial charge in [-0.05, 0) is 37.6 Å². The number of primary amides is 1. The maximum Gasteiger partial charge on any atom is 0.416 e. The van der Waals surface area contributed by atoms with Crippen LogP contribution in [0.25, 0.3) is 0 Å². The number of hydrogen-bond donors (Lipinski definition) is 2. The Morgan fingerprint density at radius 2 is 1.93 bits per heavy atom. The predicted octanol–water partition coefficient (Wildman–Crippen LogP) is 1.96. The topological polar surface area (TPSA) is 64.8 Å². The number of amides is 2. The largest absolute Gasteiger partial charge is 0.416 e. The number of nitrogens with one attached hydrogen (secondary N) is 1. The molecule has 6 nitrogen and oxygen atoms in total. The summed E-state index contributed by atoms with van der Waals surface area (Å²) in [4.78, 5) is 17.6. The quantitative estimate of drug-likeness (QED) is 0.795. The van der Waals surface area contributed by atoms with Crippen LogP contribution >= 0.6 is 0 Å². The number of nitrogens with two attached hydrogens (primary N) is 1. The summed E-state index contributed by atoms with van der Waals surface area (Å²) in [5.41, 5.74) is 5.14. The Kier molecular flexibility index (Phi) is 6.66. The molecule has 1 aromatic rings. The Labute approximate surface area is 163 Å². The van der Waals surface area contributed by atoms with E-state index in [4.69, 9.17) is 5.73 Å². The number of carbonyl (C=O) groups is 1. The van der Waals surface area contributed by atoms with Crippen molar-refractivity contribution in [3.05, 3.63) is 29.8 Å². The number of piperidine rings is 1. The lowest BCUT2D eigenvalue weighted by Gasteiger charge is -2.44. The lowest BCUT2D eigenvalue weighted by atomic mass is 10.0. The van der Waals surface area contributed by atoms with E-state index in [1.807, 2.05) is 4.90 Å². The van der Waals surface area contributed by atoms with Crippen LogP contribution < -0.4 is 16.0 Å². The third-order valence-electron chi connectivity index (χ3n) is 5.58. The number of nitrogens with zero attached hydrogens (tertiary/aromatic N) is 3. The number of alkyl halides is 3. The number of halogens is 3. The molecular formula is C19H28F3N5O. The van der Waals surface area contributed by atoms with Crippen molar-refractivity contribution >= 4 is 11.7 Å². The van der Waals surface area contributed by atoms with Crippen molar-refractivity contribution < 1.29 is 18.0 Å². The van der Waals surface area contributed by atoms with Gasteiger partial charge in [-0.1, -0.05) is 6.07 Å². The molecule has 3 rings (SSSR count). The molecule has 0 unspecified atom stereocenters. The second-order valence-electron chi connectivity index (χ2n) is 7.46. The lowest BCUT2D eigenvalue weighted by Crippen LogP contribution is -2.55. The standard InChI is InChI=1S/C19H28F3N5O/c20-19(21,22)15-3-1-4-16(13-15)26-9-11-27(12-10-26)17-5-2-7-25(14-17)8-6-24-18(23)28/h1,3-4,13,17H,2,5-12,14H2,(H3,23,24,28)/t17-/m0/s1. The Morgan fingerprint density at radius 3 is 2.61 bits per heavy atom. The maximum absolute atomic E-state index is 12.9. The summed E-state index contributed by atoms with van der Waals surface area (Å²) >= 11 is 0. The van der Waals surface area contributed by atoms with Crippen LogP contribution in [0.15, 0.2) is 24.3 Å². The average Bonchev–Trinajstić information content (AvgIpc) is 2.68. The van der Waals surface area contributed by atoms with Gasteiger partial charge < -0.3 is 20.9 Å². The van der Waals surface area contributed by atoms with Gasteiger partial charge in [-0.3, -0.25) is 4.90 Å². The van der Waals surface area contributed by atoms with Gasteiger partial charge in [-0.2, -0.15) is 13.2 Å². The number of urea groups is 1. The Morgan fingerprint density at radius 1 is 1.18 bits per heavy atom. The van der Waals surface area contributed by atoms with E-state index in [9.17, 15) is 18.0 Å². The first kappa shape index (κ1) is 20.7. The van der Waals surface area contributed by atoms with Crippen molar-refractivity contribution in [1.29, 1.82) is 0 Å². The highest BCUT2D eigenvalue weighted by atomic mass is 19.4. The van der Waals surface area contributed by atoms with Crippen LogP contribution in [0.3, 0.4) is 0 Å². The molecule has 3 N–H and O–H groups in total. The Balaban J connectivity index is 1.50. The second kappa shape index (κ2) is 9.00. The zero-order valence-corrected chi connectivity index (χ0v) is 15.9. The normalized spacial score (nSPS) is 22.2. The van der Waals surface area contributed by atoms with Gasteiger partial charge in [0.05, 0.1) is 5.56 Å². The first-order valence-electron chi connectivity index (χ1n) is 9.75. The molecule has 0 radical (unpaired) electrons. The first-order chi connectivity index (χ1) is 13.3. The molecule has 28 heavy (non-hydrogen) atoms. The van der Waals surface area contributed by atoms with Crippen LogP contribution in [-0.2, 0) is 6.18 Å². The fourth-order valence-electron chi connectivity index (χ4n) is 4.09. The van der Waals surface area contributed by atoms with Crippen LogP contribution in [0.5, 0.6) is 0 Å². The Hall–Kier alpha value is -2.00. The number of hydrogen-bond acceptors (Lipinski definition) is 4. The van der Waals surface area contributed by atoms with E-state index >= 15 is 0 Å². The number of benzene rings is 1. The Bertz CT molecular complexity index is 661. The predicted molar refractivity (Wildman–Crippen MR) is 102 cm³/mol. The highest BCUT2D eigenvalue weighted by Crippen LogP contribution is 2.32. The van der Waals surface area contributed by atoms with Crippen molar-refractivity contribution in [3.63, 3.8) is 0 Å². The zero-order chi connectivity index (χ0) is 20.1. The second-order valence-corrected chi connectivity index (χ2v) is 7.46. The molecule has 9 heteroatoms. The number of rotatable bonds is 5. The van der Waals surface area contributed by atoms with Crippen molar-refractivity contribution in [2.45, 2.75) is 25.1 Å². The van der Waals surface area contributed by atoms with Crippen LogP contribution in [0.4, 0.5) is 23.7 Å². The summed E-state index contributed by atoms with van der Waals surface area (Å²) in [5.74, 6) is 0. The molecule has 0 saturated carbocycles. The highest BCUT2D eigenvalue weighted by molar-refractivity contribution is 5.71. The van der Waals surface area contributed by atoms with E-state index < -0.39 is 17.8 Å². The van der Waals surface area contributed by atoms with E-state index in [2.05, 4.69) is 15.1 Å². The summed E-state index contributed by atoms with van der Waals surface area (Å²) in [6.07, 6.45) is -2.08. The van der Waals surface area contributed by atoms with Gasteiger partial charge in [-0.25, -0.2) is 4.79 Å². The van der Waals surface area contributed by atoms with Crippen LogP contribution in [-0.4, -0.2) is 74.2 Å². The van der Waals surface area contributed by atoms with Gasteiger partial charge in [0.15, 0.2) is 0 Å². The average molecular weight is 399 g/mol. The third-order valence-corrected chi connectivity index (χ3v) is 5.58. The molecule has 0 bridgehead atoms. The summed E-state index contributed by atoms with van der Waals surface area (Å²) < 4.78 is 38.8. The lowest BCUT2D eigenvalue weighted by molar-refractivity contribution is -0.137. The van der Waals surface area contributed by atoms with Gasteiger partial charge >= 0.3 is 12.2 Å². The fourth-order valence-corrected chi connectivity index (χ4v) is 4.09. The number of piperazine rings is 1. The molecule has 0 spiro atoms. The van der Waals surface area contributed by atoms with Crippen LogP contribution in [0, 0.1) is 0 Å². The van der Waals surface area contributed by atoms with Crippen LogP contribution in [0.1, 0.15) is 18.4 Å². The smallest absolute Gasteiger partial charge is 0.369 e. The van der Waals surface area contributed by atoms with Crippen molar-refractivity contribution in [1.82, 2.24) is 15.1 Å². The molecule has 2 heterocycles. The summed E-state index contributed by atoms with van der Waals surface area (Å²) in [5, 5.41) is 2.62. The summed E-state index contributed by atoms with van der Waals surface area (Å²) in [7, 11) is 0. The third kappa shape index (κ3) is 5.51. The maximum atomic E-state index is 12.9. The SMILES string of the molecule is NC(=O)NCCN1CCC[C@H](N2CCN(c3cccc(C(F)(F)F)c3)CC2)C1. The molecule has 2 saturated heterocycles. The van der Waals surface area contributed by atoms with Crippen molar-refractivity contribution in [2.24, 2.45) is 5.73 Å². The van der Waals surface area contributed by atoms with Crippen LogP contribution in [0.2, 0.25) is 0 Å². The molecule has 2 amide bonds.